The molecule has 0 amide bonds. The molecule has 1 aromatic rings. The molecule has 0 N–H and O–H groups in total. The minimum absolute atomic E-state index is 0.383. The fourth-order valence-corrected chi connectivity index (χ4v) is 3.04. The maximum atomic E-state index is 6.21. The predicted molar refractivity (Wildman–Crippen MR) is 75.3 cm³/mol. The zero-order valence-electron chi connectivity index (χ0n) is 11.7. The zero-order valence-corrected chi connectivity index (χ0v) is 11.7. The van der Waals surface area contributed by atoms with Gasteiger partial charge in [-0.05, 0) is 49.3 Å². The molecular weight excluding hydrogens is 238 g/mol. The molecule has 104 valence electrons. The van der Waals surface area contributed by atoms with Crippen molar-refractivity contribution in [3.05, 3.63) is 29.3 Å². The average molecular weight is 261 g/mol. The number of hydroxylamine groups is 2. The Balaban J connectivity index is 1.78. The summed E-state index contributed by atoms with van der Waals surface area (Å²) in [5.41, 5.74) is 2.90. The summed E-state index contributed by atoms with van der Waals surface area (Å²) in [7, 11) is 0. The third kappa shape index (κ3) is 2.77. The molecule has 3 heteroatoms. The summed E-state index contributed by atoms with van der Waals surface area (Å²) in [5.74, 6) is 1.07. The number of hydrogen-bond donors (Lipinski definition) is 0. The predicted octanol–water partition coefficient (Wildman–Crippen LogP) is 2.97. The molecule has 2 aliphatic rings. The minimum atomic E-state index is 0.383. The van der Waals surface area contributed by atoms with E-state index in [1.807, 2.05) is 0 Å². The molecule has 1 fully saturated rings. The lowest BCUT2D eigenvalue weighted by Crippen LogP contribution is -2.47. The van der Waals surface area contributed by atoms with Crippen LogP contribution in [0.25, 0.3) is 0 Å². The van der Waals surface area contributed by atoms with Gasteiger partial charge in [-0.25, -0.2) is 0 Å². The number of hydrogen-bond acceptors (Lipinski definition) is 3. The van der Waals surface area contributed by atoms with Gasteiger partial charge in [0.15, 0.2) is 5.75 Å². The standard InChI is InChI=1S/C16H23NO2/c1-2-14-12-18-11-10-17(14)19-16-9-5-7-13-6-3-4-8-15(13)16/h5,7,9,14H,2-4,6,8,10-12H2,1H3. The lowest BCUT2D eigenvalue weighted by Gasteiger charge is -2.35. The molecule has 3 rings (SSSR count). The Hall–Kier alpha value is -1.06. The number of benzene rings is 1. The lowest BCUT2D eigenvalue weighted by atomic mass is 9.91. The van der Waals surface area contributed by atoms with Crippen molar-refractivity contribution in [2.24, 2.45) is 0 Å². The first-order valence-corrected chi connectivity index (χ1v) is 7.51. The molecule has 1 saturated heterocycles. The van der Waals surface area contributed by atoms with Gasteiger partial charge in [-0.3, -0.25) is 0 Å². The summed E-state index contributed by atoms with van der Waals surface area (Å²) >= 11 is 0. The molecule has 1 aliphatic carbocycles. The largest absolute Gasteiger partial charge is 0.405 e. The lowest BCUT2D eigenvalue weighted by molar-refractivity contribution is -0.158. The van der Waals surface area contributed by atoms with E-state index in [1.165, 1.54) is 30.4 Å². The molecule has 1 atom stereocenters. The third-order valence-electron chi connectivity index (χ3n) is 4.21. The van der Waals surface area contributed by atoms with E-state index in [0.29, 0.717) is 6.04 Å². The molecule has 1 aromatic carbocycles. The Morgan fingerprint density at radius 1 is 1.32 bits per heavy atom. The van der Waals surface area contributed by atoms with Crippen LogP contribution >= 0.6 is 0 Å². The van der Waals surface area contributed by atoms with Crippen molar-refractivity contribution in [3.8, 4) is 5.75 Å². The van der Waals surface area contributed by atoms with Crippen molar-refractivity contribution in [3.63, 3.8) is 0 Å². The van der Waals surface area contributed by atoms with E-state index in [1.54, 1.807) is 0 Å². The summed E-state index contributed by atoms with van der Waals surface area (Å²) < 4.78 is 5.53. The first-order chi connectivity index (χ1) is 9.38. The number of morpholine rings is 1. The molecule has 3 nitrogen and oxygen atoms in total. The van der Waals surface area contributed by atoms with Gasteiger partial charge in [0.25, 0.3) is 0 Å². The molecule has 0 saturated carbocycles. The molecule has 1 heterocycles. The molecule has 0 aromatic heterocycles. The van der Waals surface area contributed by atoms with Crippen LogP contribution < -0.4 is 4.84 Å². The normalized spacial score (nSPS) is 23.9. The fourth-order valence-electron chi connectivity index (χ4n) is 3.04. The highest BCUT2D eigenvalue weighted by atomic mass is 16.7. The number of aryl methyl sites for hydroxylation is 1. The van der Waals surface area contributed by atoms with Crippen LogP contribution in [0.2, 0.25) is 0 Å². The van der Waals surface area contributed by atoms with Crippen LogP contribution in [0, 0.1) is 0 Å². The van der Waals surface area contributed by atoms with E-state index in [-0.39, 0.29) is 0 Å². The van der Waals surface area contributed by atoms with Gasteiger partial charge < -0.3 is 9.57 Å². The maximum absolute atomic E-state index is 6.21. The summed E-state index contributed by atoms with van der Waals surface area (Å²) in [5, 5.41) is 2.12. The summed E-state index contributed by atoms with van der Waals surface area (Å²) in [6.07, 6.45) is 6.02. The van der Waals surface area contributed by atoms with Crippen LogP contribution in [0.1, 0.15) is 37.3 Å². The van der Waals surface area contributed by atoms with E-state index >= 15 is 0 Å². The Kier molecular flexibility index (Phi) is 4.04. The van der Waals surface area contributed by atoms with Gasteiger partial charge in [0, 0.05) is 0 Å². The highest BCUT2D eigenvalue weighted by molar-refractivity contribution is 5.41. The Bertz CT molecular complexity index is 433. The van der Waals surface area contributed by atoms with E-state index in [4.69, 9.17) is 9.57 Å². The number of fused-ring (bicyclic) bond motifs is 1. The molecule has 0 radical (unpaired) electrons. The highest BCUT2D eigenvalue weighted by Crippen LogP contribution is 2.30. The monoisotopic (exact) mass is 261 g/mol. The van der Waals surface area contributed by atoms with Gasteiger partial charge in [-0.2, -0.15) is 0 Å². The van der Waals surface area contributed by atoms with Crippen molar-refractivity contribution in [1.82, 2.24) is 5.06 Å². The highest BCUT2D eigenvalue weighted by Gasteiger charge is 2.24. The number of rotatable bonds is 3. The molecule has 1 aliphatic heterocycles. The summed E-state index contributed by atoms with van der Waals surface area (Å²) in [6.45, 7) is 4.61. The van der Waals surface area contributed by atoms with Crippen molar-refractivity contribution >= 4 is 0 Å². The van der Waals surface area contributed by atoms with Crippen LogP contribution in [-0.4, -0.2) is 30.9 Å². The Morgan fingerprint density at radius 3 is 3.11 bits per heavy atom. The minimum Gasteiger partial charge on any atom is -0.405 e. The van der Waals surface area contributed by atoms with Gasteiger partial charge in [0.1, 0.15) is 0 Å². The third-order valence-corrected chi connectivity index (χ3v) is 4.21. The topological polar surface area (TPSA) is 21.7 Å². The van der Waals surface area contributed by atoms with Gasteiger partial charge >= 0.3 is 0 Å². The smallest absolute Gasteiger partial charge is 0.150 e. The van der Waals surface area contributed by atoms with Gasteiger partial charge in [0.05, 0.1) is 25.8 Å². The quantitative estimate of drug-likeness (QED) is 0.835. The van der Waals surface area contributed by atoms with Crippen LogP contribution in [0.15, 0.2) is 18.2 Å². The second kappa shape index (κ2) is 5.93. The van der Waals surface area contributed by atoms with E-state index < -0.39 is 0 Å². The molecular formula is C16H23NO2. The van der Waals surface area contributed by atoms with Gasteiger partial charge in [0.2, 0.25) is 0 Å². The first-order valence-electron chi connectivity index (χ1n) is 7.51. The summed E-state index contributed by atoms with van der Waals surface area (Å²) in [4.78, 5) is 6.21. The molecule has 0 bridgehead atoms. The van der Waals surface area contributed by atoms with Crippen molar-refractivity contribution in [2.45, 2.75) is 45.1 Å². The Labute approximate surface area is 115 Å². The average Bonchev–Trinajstić information content (AvgIpc) is 2.48. The molecule has 1 unspecified atom stereocenters. The SMILES string of the molecule is CCC1COCCN1Oc1cccc2c1CCCC2. The zero-order chi connectivity index (χ0) is 13.1. The van der Waals surface area contributed by atoms with Crippen LogP contribution in [0.5, 0.6) is 5.75 Å². The van der Waals surface area contributed by atoms with Gasteiger partial charge in [-0.15, -0.1) is 5.06 Å². The van der Waals surface area contributed by atoms with E-state index in [0.717, 1.165) is 38.3 Å². The van der Waals surface area contributed by atoms with E-state index in [2.05, 4.69) is 30.2 Å². The Morgan fingerprint density at radius 2 is 2.21 bits per heavy atom. The fraction of sp³-hybridized carbons (Fsp3) is 0.625. The van der Waals surface area contributed by atoms with Crippen LogP contribution in [0.3, 0.4) is 0 Å². The second-order valence-electron chi connectivity index (χ2n) is 5.47. The first kappa shape index (κ1) is 12.9. The summed E-state index contributed by atoms with van der Waals surface area (Å²) in [6, 6.07) is 6.87. The van der Waals surface area contributed by atoms with Crippen molar-refractivity contribution in [2.75, 3.05) is 19.8 Å². The molecule has 0 spiro atoms. The maximum Gasteiger partial charge on any atom is 0.150 e. The van der Waals surface area contributed by atoms with Gasteiger partial charge in [-0.1, -0.05) is 19.1 Å². The van der Waals surface area contributed by atoms with E-state index in [9.17, 15) is 0 Å². The van der Waals surface area contributed by atoms with Crippen molar-refractivity contribution in [1.29, 1.82) is 0 Å². The number of nitrogens with zero attached hydrogens (tertiary/aromatic N) is 1. The molecule has 19 heavy (non-hydrogen) atoms. The van der Waals surface area contributed by atoms with Crippen molar-refractivity contribution < 1.29 is 9.57 Å². The van der Waals surface area contributed by atoms with Crippen LogP contribution in [-0.2, 0) is 17.6 Å². The second-order valence-corrected chi connectivity index (χ2v) is 5.47. The number of ether oxygens (including phenoxy) is 1. The van der Waals surface area contributed by atoms with Crippen LogP contribution in [0.4, 0.5) is 0 Å².